The van der Waals surface area contributed by atoms with E-state index in [0.717, 1.165) is 0 Å². The summed E-state index contributed by atoms with van der Waals surface area (Å²) in [6.07, 6.45) is 1.42. The van der Waals surface area contributed by atoms with Crippen LogP contribution in [0.3, 0.4) is 0 Å². The van der Waals surface area contributed by atoms with Crippen LogP contribution in [-0.2, 0) is 4.79 Å². The van der Waals surface area contributed by atoms with Crippen LogP contribution in [0.15, 0.2) is 77.9 Å². The van der Waals surface area contributed by atoms with Crippen LogP contribution in [0.25, 0.3) is 0 Å². The van der Waals surface area contributed by atoms with Crippen molar-refractivity contribution >= 4 is 41.3 Å². The number of halogens is 2. The van der Waals surface area contributed by atoms with Crippen LogP contribution in [0.1, 0.15) is 15.9 Å². The summed E-state index contributed by atoms with van der Waals surface area (Å²) in [5.41, 5.74) is 3.25. The first-order valence-corrected chi connectivity index (χ1v) is 9.54. The second kappa shape index (κ2) is 10.4. The number of carbonyl (C=O) groups excluding carboxylic acids is 2. The van der Waals surface area contributed by atoms with E-state index in [1.54, 1.807) is 72.8 Å². The van der Waals surface area contributed by atoms with Gasteiger partial charge in [0.15, 0.2) is 6.61 Å². The number of hydrazone groups is 1. The van der Waals surface area contributed by atoms with E-state index in [1.165, 1.54) is 6.21 Å². The monoisotopic (exact) mass is 442 g/mol. The largest absolute Gasteiger partial charge is 0.484 e. The van der Waals surface area contributed by atoms with Gasteiger partial charge in [-0.2, -0.15) is 5.10 Å². The van der Waals surface area contributed by atoms with E-state index in [4.69, 9.17) is 32.7 Å². The summed E-state index contributed by atoms with van der Waals surface area (Å²) in [6, 6.07) is 19.9. The predicted octanol–water partition coefficient (Wildman–Crippen LogP) is 4.74. The first-order chi connectivity index (χ1) is 14.5. The van der Waals surface area contributed by atoms with E-state index in [9.17, 15) is 9.59 Å². The molecular formula is C22H16Cl2N2O4. The lowest BCUT2D eigenvalue weighted by Crippen LogP contribution is -2.24. The number of amides is 1. The van der Waals surface area contributed by atoms with Crippen molar-refractivity contribution in [3.63, 3.8) is 0 Å². The third-order valence-electron chi connectivity index (χ3n) is 3.75. The molecule has 0 aliphatic rings. The smallest absolute Gasteiger partial charge is 0.345 e. The summed E-state index contributed by atoms with van der Waals surface area (Å²) >= 11 is 11.8. The van der Waals surface area contributed by atoms with Gasteiger partial charge in [0.1, 0.15) is 11.5 Å². The molecule has 1 amide bonds. The average molecular weight is 443 g/mol. The number of benzene rings is 3. The maximum Gasteiger partial charge on any atom is 0.345 e. The molecule has 8 heteroatoms. The number of esters is 1. The molecule has 0 bridgehead atoms. The SMILES string of the molecule is O=C(COc1ccc(Cl)cc1)N/N=C\c1cccc(OC(=O)c2ccccc2Cl)c1. The van der Waals surface area contributed by atoms with Gasteiger partial charge in [-0.1, -0.05) is 47.5 Å². The molecule has 152 valence electrons. The van der Waals surface area contributed by atoms with E-state index < -0.39 is 11.9 Å². The molecule has 0 radical (unpaired) electrons. The fourth-order valence-corrected chi connectivity index (χ4v) is 2.68. The molecule has 0 aliphatic heterocycles. The van der Waals surface area contributed by atoms with E-state index in [1.807, 2.05) is 0 Å². The third-order valence-corrected chi connectivity index (χ3v) is 4.33. The Labute approximate surface area is 183 Å². The summed E-state index contributed by atoms with van der Waals surface area (Å²) in [4.78, 5) is 24.1. The normalized spacial score (nSPS) is 10.6. The lowest BCUT2D eigenvalue weighted by atomic mass is 10.2. The van der Waals surface area contributed by atoms with Crippen molar-refractivity contribution in [2.24, 2.45) is 5.10 Å². The van der Waals surface area contributed by atoms with Crippen molar-refractivity contribution in [2.75, 3.05) is 6.61 Å². The Balaban J connectivity index is 1.52. The van der Waals surface area contributed by atoms with Crippen molar-refractivity contribution in [3.05, 3.63) is 94.0 Å². The molecule has 0 unspecified atom stereocenters. The van der Waals surface area contributed by atoms with Gasteiger partial charge in [-0.15, -0.1) is 0 Å². The van der Waals surface area contributed by atoms with Gasteiger partial charge in [-0.3, -0.25) is 4.79 Å². The van der Waals surface area contributed by atoms with Crippen LogP contribution in [-0.4, -0.2) is 24.7 Å². The minimum Gasteiger partial charge on any atom is -0.484 e. The Morgan fingerprint density at radius 1 is 0.933 bits per heavy atom. The molecule has 0 spiro atoms. The molecule has 0 aromatic heterocycles. The van der Waals surface area contributed by atoms with Gasteiger partial charge >= 0.3 is 5.97 Å². The Kier molecular flexibility index (Phi) is 7.43. The first kappa shape index (κ1) is 21.4. The first-order valence-electron chi connectivity index (χ1n) is 8.78. The van der Waals surface area contributed by atoms with E-state index in [2.05, 4.69) is 10.5 Å². The Bertz CT molecular complexity index is 1070. The molecule has 3 aromatic carbocycles. The van der Waals surface area contributed by atoms with Crippen molar-refractivity contribution in [2.45, 2.75) is 0 Å². The number of ether oxygens (including phenoxy) is 2. The zero-order valence-corrected chi connectivity index (χ0v) is 17.1. The summed E-state index contributed by atoms with van der Waals surface area (Å²) in [5.74, 6) is -0.155. The topological polar surface area (TPSA) is 77.0 Å². The van der Waals surface area contributed by atoms with Gasteiger partial charge in [0.25, 0.3) is 5.91 Å². The van der Waals surface area contributed by atoms with Crippen LogP contribution in [0, 0.1) is 0 Å². The predicted molar refractivity (Wildman–Crippen MR) is 116 cm³/mol. The zero-order valence-electron chi connectivity index (χ0n) is 15.5. The highest BCUT2D eigenvalue weighted by molar-refractivity contribution is 6.33. The van der Waals surface area contributed by atoms with E-state index in [0.29, 0.717) is 27.1 Å². The minimum atomic E-state index is -0.567. The van der Waals surface area contributed by atoms with Crippen LogP contribution in [0.4, 0.5) is 0 Å². The molecule has 0 saturated heterocycles. The van der Waals surface area contributed by atoms with Crippen LogP contribution >= 0.6 is 23.2 Å². The van der Waals surface area contributed by atoms with Gasteiger partial charge in [0.2, 0.25) is 0 Å². The molecule has 0 atom stereocenters. The Hall–Kier alpha value is -3.35. The number of hydrogen-bond donors (Lipinski definition) is 1. The highest BCUT2D eigenvalue weighted by Gasteiger charge is 2.12. The average Bonchev–Trinajstić information content (AvgIpc) is 2.74. The number of nitrogens with one attached hydrogen (secondary N) is 1. The van der Waals surface area contributed by atoms with Crippen molar-refractivity contribution < 1.29 is 19.1 Å². The highest BCUT2D eigenvalue weighted by Crippen LogP contribution is 2.19. The van der Waals surface area contributed by atoms with Gasteiger partial charge in [0, 0.05) is 5.02 Å². The van der Waals surface area contributed by atoms with Crippen LogP contribution in [0.5, 0.6) is 11.5 Å². The second-order valence-corrected chi connectivity index (χ2v) is 6.82. The van der Waals surface area contributed by atoms with E-state index in [-0.39, 0.29) is 12.2 Å². The van der Waals surface area contributed by atoms with Gasteiger partial charge in [-0.05, 0) is 54.1 Å². The number of hydrogen-bond acceptors (Lipinski definition) is 5. The zero-order chi connectivity index (χ0) is 21.3. The fraction of sp³-hybridized carbons (Fsp3) is 0.0455. The molecule has 0 saturated carbocycles. The van der Waals surface area contributed by atoms with Crippen molar-refractivity contribution in [3.8, 4) is 11.5 Å². The summed E-state index contributed by atoms with van der Waals surface area (Å²) < 4.78 is 10.7. The highest BCUT2D eigenvalue weighted by atomic mass is 35.5. The molecule has 3 rings (SSSR count). The lowest BCUT2D eigenvalue weighted by Gasteiger charge is -2.06. The molecule has 6 nitrogen and oxygen atoms in total. The quantitative estimate of drug-likeness (QED) is 0.248. The molecule has 1 N–H and O–H groups in total. The van der Waals surface area contributed by atoms with Gasteiger partial charge < -0.3 is 9.47 Å². The van der Waals surface area contributed by atoms with Crippen molar-refractivity contribution in [1.82, 2.24) is 5.43 Å². The minimum absolute atomic E-state index is 0.200. The van der Waals surface area contributed by atoms with Gasteiger partial charge in [0.05, 0.1) is 16.8 Å². The van der Waals surface area contributed by atoms with E-state index >= 15 is 0 Å². The summed E-state index contributed by atoms with van der Waals surface area (Å²) in [5, 5.41) is 4.76. The lowest BCUT2D eigenvalue weighted by molar-refractivity contribution is -0.123. The maximum atomic E-state index is 12.2. The van der Waals surface area contributed by atoms with Gasteiger partial charge in [-0.25, -0.2) is 10.2 Å². The molecule has 0 aliphatic carbocycles. The number of carbonyl (C=O) groups is 2. The van der Waals surface area contributed by atoms with Crippen molar-refractivity contribution in [1.29, 1.82) is 0 Å². The second-order valence-electron chi connectivity index (χ2n) is 5.98. The molecule has 0 heterocycles. The fourth-order valence-electron chi connectivity index (χ4n) is 2.34. The maximum absolute atomic E-state index is 12.2. The molecule has 30 heavy (non-hydrogen) atoms. The summed E-state index contributed by atoms with van der Waals surface area (Å²) in [6.45, 7) is -0.200. The molecule has 3 aromatic rings. The third kappa shape index (κ3) is 6.34. The molecular weight excluding hydrogens is 427 g/mol. The Morgan fingerprint density at radius 3 is 2.47 bits per heavy atom. The molecule has 0 fully saturated rings. The Morgan fingerprint density at radius 2 is 1.70 bits per heavy atom. The number of nitrogens with zero attached hydrogens (tertiary/aromatic N) is 1. The standard InChI is InChI=1S/C22H16Cl2N2O4/c23-16-8-10-17(11-9-16)29-14-21(27)26-25-13-15-4-3-5-18(12-15)30-22(28)19-6-1-2-7-20(19)24/h1-13H,14H2,(H,26,27)/b25-13-. The summed E-state index contributed by atoms with van der Waals surface area (Å²) in [7, 11) is 0. The van der Waals surface area contributed by atoms with Crippen LogP contribution < -0.4 is 14.9 Å². The number of rotatable bonds is 7. The van der Waals surface area contributed by atoms with Crippen LogP contribution in [0.2, 0.25) is 10.0 Å².